The SMILES string of the molecule is Cc1ccc(CNC(=O)CCC(CCN)C(C)C)cn1. The van der Waals surface area contributed by atoms with Crippen LogP contribution in [-0.2, 0) is 11.3 Å². The standard InChI is InChI=1S/C16H27N3O/c1-12(2)15(8-9-17)6-7-16(20)19-11-14-5-4-13(3)18-10-14/h4-5,10,12,15H,6-9,11,17H2,1-3H3,(H,19,20). The van der Waals surface area contributed by atoms with Crippen molar-refractivity contribution in [3.63, 3.8) is 0 Å². The van der Waals surface area contributed by atoms with Gasteiger partial charge in [-0.15, -0.1) is 0 Å². The van der Waals surface area contributed by atoms with Gasteiger partial charge in [-0.25, -0.2) is 0 Å². The van der Waals surface area contributed by atoms with Crippen molar-refractivity contribution in [1.29, 1.82) is 0 Å². The van der Waals surface area contributed by atoms with E-state index in [4.69, 9.17) is 5.73 Å². The van der Waals surface area contributed by atoms with Gasteiger partial charge in [-0.1, -0.05) is 19.9 Å². The lowest BCUT2D eigenvalue weighted by Crippen LogP contribution is -2.24. The zero-order chi connectivity index (χ0) is 15.0. The molecule has 0 saturated carbocycles. The van der Waals surface area contributed by atoms with E-state index < -0.39 is 0 Å². The molecule has 0 aliphatic carbocycles. The van der Waals surface area contributed by atoms with Crippen LogP contribution in [0.5, 0.6) is 0 Å². The Morgan fingerprint density at radius 3 is 2.65 bits per heavy atom. The summed E-state index contributed by atoms with van der Waals surface area (Å²) >= 11 is 0. The van der Waals surface area contributed by atoms with Gasteiger partial charge in [0.1, 0.15) is 0 Å². The number of aromatic nitrogens is 1. The van der Waals surface area contributed by atoms with Crippen LogP contribution < -0.4 is 11.1 Å². The molecule has 0 aliphatic rings. The lowest BCUT2D eigenvalue weighted by molar-refractivity contribution is -0.121. The fourth-order valence-corrected chi connectivity index (χ4v) is 2.23. The van der Waals surface area contributed by atoms with E-state index in [0.717, 1.165) is 24.1 Å². The van der Waals surface area contributed by atoms with Crippen LogP contribution >= 0.6 is 0 Å². The van der Waals surface area contributed by atoms with E-state index in [9.17, 15) is 4.79 Å². The van der Waals surface area contributed by atoms with E-state index in [-0.39, 0.29) is 5.91 Å². The predicted molar refractivity (Wildman–Crippen MR) is 82.1 cm³/mol. The first-order chi connectivity index (χ1) is 9.52. The predicted octanol–water partition coefficient (Wildman–Crippen LogP) is 2.41. The van der Waals surface area contributed by atoms with Gasteiger partial charge in [0.25, 0.3) is 0 Å². The molecule has 1 rings (SSSR count). The zero-order valence-corrected chi connectivity index (χ0v) is 12.9. The van der Waals surface area contributed by atoms with Gasteiger partial charge in [0.15, 0.2) is 0 Å². The monoisotopic (exact) mass is 277 g/mol. The number of nitrogens with two attached hydrogens (primary N) is 1. The number of carbonyl (C=O) groups is 1. The molecule has 0 radical (unpaired) electrons. The summed E-state index contributed by atoms with van der Waals surface area (Å²) in [5.74, 6) is 1.22. The van der Waals surface area contributed by atoms with E-state index in [1.807, 2.05) is 19.1 Å². The molecule has 20 heavy (non-hydrogen) atoms. The van der Waals surface area contributed by atoms with Gasteiger partial charge in [-0.2, -0.15) is 0 Å². The number of pyridine rings is 1. The van der Waals surface area contributed by atoms with Crippen molar-refractivity contribution in [1.82, 2.24) is 10.3 Å². The second-order valence-electron chi connectivity index (χ2n) is 5.70. The Morgan fingerprint density at radius 1 is 1.35 bits per heavy atom. The molecular weight excluding hydrogens is 250 g/mol. The van der Waals surface area contributed by atoms with Crippen molar-refractivity contribution < 1.29 is 4.79 Å². The van der Waals surface area contributed by atoms with Gasteiger partial charge in [-0.05, 0) is 49.8 Å². The fourth-order valence-electron chi connectivity index (χ4n) is 2.23. The lowest BCUT2D eigenvalue weighted by Gasteiger charge is -2.19. The van der Waals surface area contributed by atoms with Crippen molar-refractivity contribution in [3.8, 4) is 0 Å². The van der Waals surface area contributed by atoms with Crippen molar-refractivity contribution in [2.45, 2.75) is 46.6 Å². The molecule has 0 bridgehead atoms. The van der Waals surface area contributed by atoms with Crippen molar-refractivity contribution in [2.24, 2.45) is 17.6 Å². The van der Waals surface area contributed by atoms with Gasteiger partial charge in [-0.3, -0.25) is 9.78 Å². The molecule has 1 aromatic rings. The maximum Gasteiger partial charge on any atom is 0.220 e. The number of nitrogens with zero attached hydrogens (tertiary/aromatic N) is 1. The average Bonchev–Trinajstić information content (AvgIpc) is 2.42. The van der Waals surface area contributed by atoms with Crippen LogP contribution in [0.25, 0.3) is 0 Å². The van der Waals surface area contributed by atoms with Crippen LogP contribution in [0.3, 0.4) is 0 Å². The Labute approximate surface area is 122 Å². The number of nitrogens with one attached hydrogen (secondary N) is 1. The molecule has 4 heteroatoms. The van der Waals surface area contributed by atoms with Gasteiger partial charge in [0.05, 0.1) is 0 Å². The molecule has 4 nitrogen and oxygen atoms in total. The number of carbonyl (C=O) groups excluding carboxylic acids is 1. The third-order valence-corrected chi connectivity index (χ3v) is 3.68. The molecule has 1 aromatic heterocycles. The Bertz CT molecular complexity index is 401. The molecule has 0 aromatic carbocycles. The highest BCUT2D eigenvalue weighted by Gasteiger charge is 2.14. The first-order valence-corrected chi connectivity index (χ1v) is 7.41. The Hall–Kier alpha value is -1.42. The van der Waals surface area contributed by atoms with Crippen LogP contribution in [0.2, 0.25) is 0 Å². The summed E-state index contributed by atoms with van der Waals surface area (Å²) < 4.78 is 0. The summed E-state index contributed by atoms with van der Waals surface area (Å²) in [6.45, 7) is 7.58. The van der Waals surface area contributed by atoms with Crippen LogP contribution in [0, 0.1) is 18.8 Å². The van der Waals surface area contributed by atoms with Gasteiger partial charge in [0, 0.05) is 24.9 Å². The van der Waals surface area contributed by atoms with Crippen LogP contribution in [0.4, 0.5) is 0 Å². The molecular formula is C16H27N3O. The summed E-state index contributed by atoms with van der Waals surface area (Å²) in [5.41, 5.74) is 7.63. The summed E-state index contributed by atoms with van der Waals surface area (Å²) in [6.07, 6.45) is 4.28. The number of amides is 1. The number of hydrogen-bond acceptors (Lipinski definition) is 3. The number of rotatable bonds is 8. The highest BCUT2D eigenvalue weighted by Crippen LogP contribution is 2.20. The summed E-state index contributed by atoms with van der Waals surface area (Å²) in [5, 5.41) is 2.94. The number of hydrogen-bond donors (Lipinski definition) is 2. The third kappa shape index (κ3) is 6.15. The lowest BCUT2D eigenvalue weighted by atomic mass is 9.88. The number of aryl methyl sites for hydroxylation is 1. The maximum atomic E-state index is 11.9. The largest absolute Gasteiger partial charge is 0.352 e. The molecule has 3 N–H and O–H groups in total. The quantitative estimate of drug-likeness (QED) is 0.766. The highest BCUT2D eigenvalue weighted by molar-refractivity contribution is 5.75. The molecule has 1 heterocycles. The summed E-state index contributed by atoms with van der Waals surface area (Å²) in [6, 6.07) is 3.95. The molecule has 0 fully saturated rings. The minimum Gasteiger partial charge on any atom is -0.352 e. The van der Waals surface area contributed by atoms with Crippen LogP contribution in [0.15, 0.2) is 18.3 Å². The first-order valence-electron chi connectivity index (χ1n) is 7.41. The molecule has 0 aliphatic heterocycles. The highest BCUT2D eigenvalue weighted by atomic mass is 16.1. The second kappa shape index (κ2) is 8.69. The topological polar surface area (TPSA) is 68.0 Å². The molecule has 0 spiro atoms. The molecule has 1 amide bonds. The molecule has 1 atom stereocenters. The Balaban J connectivity index is 2.31. The minimum absolute atomic E-state index is 0.105. The molecule has 1 unspecified atom stereocenters. The molecule has 112 valence electrons. The second-order valence-corrected chi connectivity index (χ2v) is 5.70. The molecule has 0 saturated heterocycles. The van der Waals surface area contributed by atoms with Crippen LogP contribution in [-0.4, -0.2) is 17.4 Å². The normalized spacial score (nSPS) is 12.4. The minimum atomic E-state index is 0.105. The Kier molecular flexibility index (Phi) is 7.23. The van der Waals surface area contributed by atoms with E-state index in [2.05, 4.69) is 24.1 Å². The smallest absolute Gasteiger partial charge is 0.220 e. The van der Waals surface area contributed by atoms with Crippen molar-refractivity contribution in [2.75, 3.05) is 6.54 Å². The van der Waals surface area contributed by atoms with E-state index >= 15 is 0 Å². The van der Waals surface area contributed by atoms with Crippen molar-refractivity contribution in [3.05, 3.63) is 29.6 Å². The fraction of sp³-hybridized carbons (Fsp3) is 0.625. The zero-order valence-electron chi connectivity index (χ0n) is 12.9. The van der Waals surface area contributed by atoms with Gasteiger partial charge < -0.3 is 11.1 Å². The summed E-state index contributed by atoms with van der Waals surface area (Å²) in [4.78, 5) is 16.1. The van der Waals surface area contributed by atoms with Gasteiger partial charge in [0.2, 0.25) is 5.91 Å². The van der Waals surface area contributed by atoms with Gasteiger partial charge >= 0.3 is 0 Å². The van der Waals surface area contributed by atoms with E-state index in [1.54, 1.807) is 6.20 Å². The average molecular weight is 277 g/mol. The summed E-state index contributed by atoms with van der Waals surface area (Å²) in [7, 11) is 0. The van der Waals surface area contributed by atoms with Crippen LogP contribution in [0.1, 0.15) is 44.4 Å². The van der Waals surface area contributed by atoms with E-state index in [1.165, 1.54) is 0 Å². The Morgan fingerprint density at radius 2 is 2.10 bits per heavy atom. The van der Waals surface area contributed by atoms with E-state index in [0.29, 0.717) is 31.3 Å². The third-order valence-electron chi connectivity index (χ3n) is 3.68. The van der Waals surface area contributed by atoms with Crippen molar-refractivity contribution >= 4 is 5.91 Å². The first kappa shape index (κ1) is 16.6. The maximum absolute atomic E-state index is 11.9.